The molecule has 3 N–H and O–H groups in total. The first-order valence-electron chi connectivity index (χ1n) is 7.09. The van der Waals surface area contributed by atoms with E-state index in [1.807, 2.05) is 18.7 Å². The number of nitrogens with zero attached hydrogens (tertiary/aromatic N) is 3. The zero-order chi connectivity index (χ0) is 14.0. The highest BCUT2D eigenvalue weighted by Crippen LogP contribution is 2.27. The van der Waals surface area contributed by atoms with Crippen molar-refractivity contribution in [3.8, 4) is 0 Å². The number of aryl methyl sites for hydroxylation is 2. The monoisotopic (exact) mass is 263 g/mol. The van der Waals surface area contributed by atoms with Crippen molar-refractivity contribution in [1.82, 2.24) is 9.78 Å². The van der Waals surface area contributed by atoms with E-state index in [0.717, 1.165) is 29.5 Å². The first-order valence-corrected chi connectivity index (χ1v) is 7.09. The third-order valence-electron chi connectivity index (χ3n) is 4.08. The Balaban J connectivity index is 2.18. The molecular weight excluding hydrogens is 238 g/mol. The lowest BCUT2D eigenvalue weighted by Crippen LogP contribution is -2.30. The van der Waals surface area contributed by atoms with Crippen LogP contribution in [0.15, 0.2) is 0 Å². The molecule has 1 aromatic heterocycles. The average molecular weight is 263 g/mol. The number of anilines is 1. The maximum absolute atomic E-state index is 7.74. The number of nitrogen functional groups attached to an aromatic ring is 1. The van der Waals surface area contributed by atoms with Gasteiger partial charge in [0.1, 0.15) is 11.7 Å². The standard InChI is InChI=1S/C14H25N5/c1-10-12(13(15)16)14(19(3)17-10)18(2)9-11-7-5-4-6-8-11/h11H,4-9H2,1-3H3,(H3,15,16). The van der Waals surface area contributed by atoms with Gasteiger partial charge in [-0.05, 0) is 25.7 Å². The molecular formula is C14H25N5. The van der Waals surface area contributed by atoms with Gasteiger partial charge in [0.15, 0.2) is 0 Å². The summed E-state index contributed by atoms with van der Waals surface area (Å²) in [5.41, 5.74) is 7.32. The Morgan fingerprint density at radius 2 is 2.05 bits per heavy atom. The number of aromatic nitrogens is 2. The minimum absolute atomic E-state index is 0.107. The normalized spacial score (nSPS) is 16.6. The number of hydrogen-bond donors (Lipinski definition) is 2. The van der Waals surface area contributed by atoms with Crippen LogP contribution in [0.3, 0.4) is 0 Å². The second-order valence-corrected chi connectivity index (χ2v) is 5.71. The van der Waals surface area contributed by atoms with Crippen LogP contribution in [0.2, 0.25) is 0 Å². The molecule has 0 bridgehead atoms. The fourth-order valence-electron chi connectivity index (χ4n) is 3.24. The van der Waals surface area contributed by atoms with E-state index in [4.69, 9.17) is 11.1 Å². The molecule has 106 valence electrons. The van der Waals surface area contributed by atoms with E-state index in [-0.39, 0.29) is 5.84 Å². The highest BCUT2D eigenvalue weighted by atomic mass is 15.4. The molecule has 1 fully saturated rings. The lowest BCUT2D eigenvalue weighted by Gasteiger charge is -2.28. The van der Waals surface area contributed by atoms with Crippen molar-refractivity contribution in [1.29, 1.82) is 5.41 Å². The fourth-order valence-corrected chi connectivity index (χ4v) is 3.24. The predicted octanol–water partition coefficient (Wildman–Crippen LogP) is 2.03. The number of hydrogen-bond acceptors (Lipinski definition) is 3. The molecule has 0 aliphatic heterocycles. The van der Waals surface area contributed by atoms with E-state index in [1.54, 1.807) is 0 Å². The summed E-state index contributed by atoms with van der Waals surface area (Å²) < 4.78 is 1.84. The maximum atomic E-state index is 7.74. The molecule has 1 aromatic rings. The molecule has 2 rings (SSSR count). The Morgan fingerprint density at radius 1 is 1.42 bits per heavy atom. The fraction of sp³-hybridized carbons (Fsp3) is 0.714. The summed E-state index contributed by atoms with van der Waals surface area (Å²) in [5.74, 6) is 1.83. The summed E-state index contributed by atoms with van der Waals surface area (Å²) in [4.78, 5) is 2.22. The summed E-state index contributed by atoms with van der Waals surface area (Å²) in [6, 6.07) is 0. The first kappa shape index (κ1) is 13.9. The molecule has 1 saturated carbocycles. The van der Waals surface area contributed by atoms with Gasteiger partial charge in [-0.3, -0.25) is 10.1 Å². The van der Waals surface area contributed by atoms with Crippen LogP contribution in [-0.4, -0.2) is 29.2 Å². The quantitative estimate of drug-likeness (QED) is 0.645. The molecule has 1 heterocycles. The van der Waals surface area contributed by atoms with Gasteiger partial charge in [-0.15, -0.1) is 0 Å². The SMILES string of the molecule is Cc1nn(C)c(N(C)CC2CCCCC2)c1C(=N)N. The number of amidine groups is 1. The van der Waals surface area contributed by atoms with Crippen molar-refractivity contribution in [2.45, 2.75) is 39.0 Å². The summed E-state index contributed by atoms with van der Waals surface area (Å²) in [5, 5.41) is 12.1. The molecule has 0 spiro atoms. The van der Waals surface area contributed by atoms with Crippen LogP contribution in [-0.2, 0) is 7.05 Å². The van der Waals surface area contributed by atoms with Crippen LogP contribution in [0.4, 0.5) is 5.82 Å². The predicted molar refractivity (Wildman–Crippen MR) is 78.8 cm³/mol. The topological polar surface area (TPSA) is 70.9 Å². The molecule has 0 atom stereocenters. The van der Waals surface area contributed by atoms with Crippen LogP contribution >= 0.6 is 0 Å². The lowest BCUT2D eigenvalue weighted by molar-refractivity contribution is 0.361. The largest absolute Gasteiger partial charge is 0.384 e. The second kappa shape index (κ2) is 5.63. The van der Waals surface area contributed by atoms with Gasteiger partial charge in [-0.2, -0.15) is 5.10 Å². The zero-order valence-electron chi connectivity index (χ0n) is 12.2. The van der Waals surface area contributed by atoms with Gasteiger partial charge in [0, 0.05) is 20.6 Å². The minimum Gasteiger partial charge on any atom is -0.384 e. The molecule has 0 saturated heterocycles. The van der Waals surface area contributed by atoms with Crippen LogP contribution in [0, 0.1) is 18.3 Å². The van der Waals surface area contributed by atoms with E-state index in [1.165, 1.54) is 32.1 Å². The van der Waals surface area contributed by atoms with E-state index in [2.05, 4.69) is 17.0 Å². The Bertz CT molecular complexity index is 457. The van der Waals surface area contributed by atoms with Crippen LogP contribution in [0.5, 0.6) is 0 Å². The van der Waals surface area contributed by atoms with Crippen molar-refractivity contribution < 1.29 is 0 Å². The van der Waals surface area contributed by atoms with Gasteiger partial charge >= 0.3 is 0 Å². The summed E-state index contributed by atoms with van der Waals surface area (Å²) >= 11 is 0. The minimum atomic E-state index is 0.107. The molecule has 0 amide bonds. The summed E-state index contributed by atoms with van der Waals surface area (Å²) in [7, 11) is 4.00. The van der Waals surface area contributed by atoms with E-state index >= 15 is 0 Å². The van der Waals surface area contributed by atoms with Gasteiger partial charge < -0.3 is 10.6 Å². The number of nitrogens with two attached hydrogens (primary N) is 1. The van der Waals surface area contributed by atoms with Gasteiger partial charge in [-0.25, -0.2) is 0 Å². The summed E-state index contributed by atoms with van der Waals surface area (Å²) in [6.07, 6.45) is 6.71. The molecule has 1 aliphatic rings. The third-order valence-corrected chi connectivity index (χ3v) is 4.08. The molecule has 0 radical (unpaired) electrons. The van der Waals surface area contributed by atoms with Crippen LogP contribution in [0.1, 0.15) is 43.4 Å². The van der Waals surface area contributed by atoms with Crippen LogP contribution in [0.25, 0.3) is 0 Å². The average Bonchev–Trinajstić information content (AvgIpc) is 2.65. The van der Waals surface area contributed by atoms with Crippen molar-refractivity contribution in [3.63, 3.8) is 0 Å². The van der Waals surface area contributed by atoms with Crippen LogP contribution < -0.4 is 10.6 Å². The Labute approximate surface area is 115 Å². The molecule has 19 heavy (non-hydrogen) atoms. The van der Waals surface area contributed by atoms with E-state index in [9.17, 15) is 0 Å². The van der Waals surface area contributed by atoms with Gasteiger partial charge in [0.05, 0.1) is 11.3 Å². The highest BCUT2D eigenvalue weighted by Gasteiger charge is 2.22. The maximum Gasteiger partial charge on any atom is 0.137 e. The molecule has 5 heteroatoms. The van der Waals surface area contributed by atoms with E-state index < -0.39 is 0 Å². The Kier molecular flexibility index (Phi) is 4.12. The molecule has 1 aliphatic carbocycles. The van der Waals surface area contributed by atoms with Crippen molar-refractivity contribution in [3.05, 3.63) is 11.3 Å². The molecule has 0 unspecified atom stereocenters. The summed E-state index contributed by atoms with van der Waals surface area (Å²) in [6.45, 7) is 2.94. The molecule has 0 aromatic carbocycles. The smallest absolute Gasteiger partial charge is 0.137 e. The second-order valence-electron chi connectivity index (χ2n) is 5.71. The van der Waals surface area contributed by atoms with Gasteiger partial charge in [-0.1, -0.05) is 19.3 Å². The molecule has 5 nitrogen and oxygen atoms in total. The Morgan fingerprint density at radius 3 is 2.63 bits per heavy atom. The van der Waals surface area contributed by atoms with E-state index in [0.29, 0.717) is 0 Å². The van der Waals surface area contributed by atoms with Crippen molar-refractivity contribution >= 4 is 11.7 Å². The van der Waals surface area contributed by atoms with Crippen molar-refractivity contribution in [2.24, 2.45) is 18.7 Å². The lowest BCUT2D eigenvalue weighted by atomic mass is 9.89. The van der Waals surface area contributed by atoms with Crippen molar-refractivity contribution in [2.75, 3.05) is 18.5 Å². The Hall–Kier alpha value is -1.52. The number of rotatable bonds is 4. The van der Waals surface area contributed by atoms with Gasteiger partial charge in [0.25, 0.3) is 0 Å². The zero-order valence-corrected chi connectivity index (χ0v) is 12.2. The first-order chi connectivity index (χ1) is 9.00. The number of nitrogens with one attached hydrogen (secondary N) is 1. The highest BCUT2D eigenvalue weighted by molar-refractivity contribution is 6.00. The third kappa shape index (κ3) is 2.91. The van der Waals surface area contributed by atoms with Gasteiger partial charge in [0.2, 0.25) is 0 Å².